The van der Waals surface area contributed by atoms with Crippen LogP contribution in [0.2, 0.25) is 0 Å². The number of rotatable bonds is 6. The Bertz CT molecular complexity index is 716. The van der Waals surface area contributed by atoms with Crippen molar-refractivity contribution in [2.45, 2.75) is 13.3 Å². The van der Waals surface area contributed by atoms with Gasteiger partial charge in [0.1, 0.15) is 5.75 Å². The molecule has 0 saturated heterocycles. The standard InChI is InChI=1S/C17H16O4/c1-3-11(2)17(20)13-7-8-14-12(9-13)5-4-6-15(14)21-10-16(18)19/h4-9H,2-3,10H2,1H3,(H,18,19). The average molecular weight is 284 g/mol. The van der Waals surface area contributed by atoms with Gasteiger partial charge < -0.3 is 9.84 Å². The molecule has 2 aromatic carbocycles. The van der Waals surface area contributed by atoms with Crippen LogP contribution in [0, 0.1) is 0 Å². The second-order valence-corrected chi connectivity index (χ2v) is 4.66. The van der Waals surface area contributed by atoms with Crippen molar-refractivity contribution >= 4 is 22.5 Å². The molecular weight excluding hydrogens is 268 g/mol. The highest BCUT2D eigenvalue weighted by atomic mass is 16.5. The van der Waals surface area contributed by atoms with Crippen molar-refractivity contribution in [2.24, 2.45) is 0 Å². The van der Waals surface area contributed by atoms with Crippen LogP contribution in [0.1, 0.15) is 23.7 Å². The van der Waals surface area contributed by atoms with Gasteiger partial charge in [0.2, 0.25) is 0 Å². The third-order valence-electron chi connectivity index (χ3n) is 3.20. The van der Waals surface area contributed by atoms with E-state index in [1.165, 1.54) is 0 Å². The van der Waals surface area contributed by atoms with Crippen LogP contribution in [0.25, 0.3) is 10.8 Å². The number of carbonyl (C=O) groups is 2. The van der Waals surface area contributed by atoms with E-state index in [1.54, 1.807) is 30.3 Å². The number of aliphatic carboxylic acids is 1. The number of Topliss-reactive ketones (excluding diaryl/α,β-unsaturated/α-hetero) is 1. The van der Waals surface area contributed by atoms with Gasteiger partial charge in [-0.2, -0.15) is 0 Å². The average Bonchev–Trinajstić information content (AvgIpc) is 2.50. The van der Waals surface area contributed by atoms with Gasteiger partial charge in [0.05, 0.1) is 0 Å². The lowest BCUT2D eigenvalue weighted by Gasteiger charge is -2.09. The van der Waals surface area contributed by atoms with Crippen molar-refractivity contribution in [3.05, 3.63) is 54.1 Å². The number of ketones is 1. The molecule has 0 atom stereocenters. The Kier molecular flexibility index (Phi) is 4.38. The van der Waals surface area contributed by atoms with Crippen molar-refractivity contribution in [3.63, 3.8) is 0 Å². The molecule has 0 unspecified atom stereocenters. The molecule has 4 nitrogen and oxygen atoms in total. The van der Waals surface area contributed by atoms with Crippen molar-refractivity contribution < 1.29 is 19.4 Å². The summed E-state index contributed by atoms with van der Waals surface area (Å²) in [5.41, 5.74) is 1.14. The van der Waals surface area contributed by atoms with Crippen LogP contribution in [0.5, 0.6) is 5.75 Å². The number of ether oxygens (including phenoxy) is 1. The fraction of sp³-hybridized carbons (Fsp3) is 0.176. The molecule has 0 heterocycles. The van der Waals surface area contributed by atoms with E-state index in [0.717, 1.165) is 10.8 Å². The smallest absolute Gasteiger partial charge is 0.341 e. The SMILES string of the molecule is C=C(CC)C(=O)c1ccc2c(OCC(=O)O)cccc2c1. The molecule has 0 bridgehead atoms. The molecule has 1 N–H and O–H groups in total. The summed E-state index contributed by atoms with van der Waals surface area (Å²) >= 11 is 0. The summed E-state index contributed by atoms with van der Waals surface area (Å²) in [5, 5.41) is 10.3. The molecule has 0 aliphatic carbocycles. The molecule has 0 spiro atoms. The molecule has 4 heteroatoms. The molecule has 0 saturated carbocycles. The van der Waals surface area contributed by atoms with Crippen LogP contribution in [0.4, 0.5) is 0 Å². The molecular formula is C17H16O4. The van der Waals surface area contributed by atoms with Gasteiger partial charge >= 0.3 is 5.97 Å². The van der Waals surface area contributed by atoms with E-state index in [9.17, 15) is 9.59 Å². The predicted octanol–water partition coefficient (Wildman–Crippen LogP) is 3.45. The third kappa shape index (κ3) is 3.28. The molecule has 0 aliphatic heterocycles. The van der Waals surface area contributed by atoms with Gasteiger partial charge in [-0.25, -0.2) is 4.79 Å². The van der Waals surface area contributed by atoms with Crippen LogP contribution in [-0.4, -0.2) is 23.5 Å². The zero-order valence-electron chi connectivity index (χ0n) is 11.8. The van der Waals surface area contributed by atoms with E-state index < -0.39 is 12.6 Å². The minimum absolute atomic E-state index is 0.0729. The largest absolute Gasteiger partial charge is 0.481 e. The van der Waals surface area contributed by atoms with E-state index in [0.29, 0.717) is 23.3 Å². The van der Waals surface area contributed by atoms with Gasteiger partial charge in [0.25, 0.3) is 0 Å². The zero-order valence-corrected chi connectivity index (χ0v) is 11.8. The molecule has 0 aliphatic rings. The monoisotopic (exact) mass is 284 g/mol. The minimum atomic E-state index is -1.03. The first-order valence-electron chi connectivity index (χ1n) is 6.62. The number of hydrogen-bond donors (Lipinski definition) is 1. The topological polar surface area (TPSA) is 63.6 Å². The molecule has 0 aromatic heterocycles. The number of carbonyl (C=O) groups excluding carboxylic acids is 1. The summed E-state index contributed by atoms with van der Waals surface area (Å²) in [6.07, 6.45) is 0.610. The first-order valence-corrected chi connectivity index (χ1v) is 6.62. The van der Waals surface area contributed by atoms with E-state index >= 15 is 0 Å². The fourth-order valence-corrected chi connectivity index (χ4v) is 2.03. The number of benzene rings is 2. The van der Waals surface area contributed by atoms with Gasteiger partial charge in [-0.05, 0) is 35.6 Å². The van der Waals surface area contributed by atoms with Gasteiger partial charge in [0.15, 0.2) is 12.4 Å². The Hall–Kier alpha value is -2.62. The predicted molar refractivity (Wildman–Crippen MR) is 80.8 cm³/mol. The number of allylic oxidation sites excluding steroid dienone is 1. The number of fused-ring (bicyclic) bond motifs is 1. The molecule has 108 valence electrons. The third-order valence-corrected chi connectivity index (χ3v) is 3.20. The Morgan fingerprint density at radius 1 is 1.24 bits per heavy atom. The van der Waals surface area contributed by atoms with Crippen molar-refractivity contribution in [3.8, 4) is 5.75 Å². The summed E-state index contributed by atoms with van der Waals surface area (Å²) in [7, 11) is 0. The lowest BCUT2D eigenvalue weighted by atomic mass is 9.99. The number of carboxylic acid groups (broad SMARTS) is 1. The van der Waals surface area contributed by atoms with Crippen LogP contribution < -0.4 is 4.74 Å². The highest BCUT2D eigenvalue weighted by Crippen LogP contribution is 2.27. The normalized spacial score (nSPS) is 10.3. The van der Waals surface area contributed by atoms with E-state index in [2.05, 4.69) is 6.58 Å². The van der Waals surface area contributed by atoms with Gasteiger partial charge in [0, 0.05) is 10.9 Å². The maximum Gasteiger partial charge on any atom is 0.341 e. The van der Waals surface area contributed by atoms with Crippen molar-refractivity contribution in [2.75, 3.05) is 6.61 Å². The van der Waals surface area contributed by atoms with Gasteiger partial charge in [-0.3, -0.25) is 4.79 Å². The number of hydrogen-bond acceptors (Lipinski definition) is 3. The summed E-state index contributed by atoms with van der Waals surface area (Å²) in [4.78, 5) is 22.7. The van der Waals surface area contributed by atoms with E-state index in [4.69, 9.17) is 9.84 Å². The van der Waals surface area contributed by atoms with Crippen molar-refractivity contribution in [1.82, 2.24) is 0 Å². The highest BCUT2D eigenvalue weighted by Gasteiger charge is 2.11. The Morgan fingerprint density at radius 2 is 2.00 bits per heavy atom. The van der Waals surface area contributed by atoms with Crippen LogP contribution in [0.15, 0.2) is 48.6 Å². The first kappa shape index (κ1) is 14.8. The molecule has 21 heavy (non-hydrogen) atoms. The summed E-state index contributed by atoms with van der Waals surface area (Å²) < 4.78 is 5.25. The Morgan fingerprint density at radius 3 is 2.67 bits per heavy atom. The van der Waals surface area contributed by atoms with E-state index in [1.807, 2.05) is 13.0 Å². The second-order valence-electron chi connectivity index (χ2n) is 4.66. The zero-order chi connectivity index (χ0) is 15.4. The summed E-state index contributed by atoms with van der Waals surface area (Å²) in [6, 6.07) is 10.6. The summed E-state index contributed by atoms with van der Waals surface area (Å²) in [6.45, 7) is 5.25. The van der Waals surface area contributed by atoms with Crippen molar-refractivity contribution in [1.29, 1.82) is 0 Å². The van der Waals surface area contributed by atoms with Crippen LogP contribution >= 0.6 is 0 Å². The molecule has 0 amide bonds. The summed E-state index contributed by atoms with van der Waals surface area (Å²) in [5.74, 6) is -0.613. The maximum absolute atomic E-state index is 12.1. The minimum Gasteiger partial charge on any atom is -0.481 e. The lowest BCUT2D eigenvalue weighted by Crippen LogP contribution is -2.09. The lowest BCUT2D eigenvalue weighted by molar-refractivity contribution is -0.139. The fourth-order valence-electron chi connectivity index (χ4n) is 2.03. The molecule has 2 aromatic rings. The van der Waals surface area contributed by atoms with Crippen LogP contribution in [0.3, 0.4) is 0 Å². The second kappa shape index (κ2) is 6.22. The van der Waals surface area contributed by atoms with Gasteiger partial charge in [-0.15, -0.1) is 0 Å². The molecule has 2 rings (SSSR count). The Labute approximate surface area is 122 Å². The first-order chi connectivity index (χ1) is 10.0. The Balaban J connectivity index is 2.39. The van der Waals surface area contributed by atoms with Crippen LogP contribution in [-0.2, 0) is 4.79 Å². The van der Waals surface area contributed by atoms with Gasteiger partial charge in [-0.1, -0.05) is 31.7 Å². The van der Waals surface area contributed by atoms with E-state index in [-0.39, 0.29) is 5.78 Å². The number of carboxylic acids is 1. The highest BCUT2D eigenvalue weighted by molar-refractivity contribution is 6.10. The quantitative estimate of drug-likeness (QED) is 0.652. The maximum atomic E-state index is 12.1. The molecule has 0 radical (unpaired) electrons. The molecule has 0 fully saturated rings.